The van der Waals surface area contributed by atoms with E-state index in [0.29, 0.717) is 13.1 Å². The fraction of sp³-hybridized carbons (Fsp3) is 0.438. The maximum absolute atomic E-state index is 13.8. The SMILES string of the molecule is CCc1nccn1C1CCCN(C(=O)c2ccnc(F)c2F)C1. The van der Waals surface area contributed by atoms with Gasteiger partial charge in [0.1, 0.15) is 5.82 Å². The predicted octanol–water partition coefficient (Wildman–Crippen LogP) is 2.60. The molecule has 0 bridgehead atoms. The first-order valence-corrected chi connectivity index (χ1v) is 7.72. The number of imidazole rings is 1. The van der Waals surface area contributed by atoms with Crippen LogP contribution in [0.3, 0.4) is 0 Å². The number of aryl methyl sites for hydroxylation is 1. The van der Waals surface area contributed by atoms with Crippen molar-refractivity contribution in [3.63, 3.8) is 0 Å². The first-order chi connectivity index (χ1) is 11.1. The Balaban J connectivity index is 1.81. The van der Waals surface area contributed by atoms with Gasteiger partial charge in [0, 0.05) is 38.1 Å². The van der Waals surface area contributed by atoms with Crippen molar-refractivity contribution in [1.29, 1.82) is 0 Å². The lowest BCUT2D eigenvalue weighted by Crippen LogP contribution is -2.41. The second-order valence-electron chi connectivity index (χ2n) is 5.61. The van der Waals surface area contributed by atoms with Crippen molar-refractivity contribution in [3.8, 4) is 0 Å². The number of rotatable bonds is 3. The fourth-order valence-corrected chi connectivity index (χ4v) is 3.07. The summed E-state index contributed by atoms with van der Waals surface area (Å²) < 4.78 is 29.1. The highest BCUT2D eigenvalue weighted by molar-refractivity contribution is 5.94. The standard InChI is InChI=1S/C16H18F2N4O/c1-2-13-19-7-9-22(13)11-4-3-8-21(10-11)16(23)12-5-6-20-15(18)14(12)17/h5-7,9,11H,2-4,8,10H2,1H3. The largest absolute Gasteiger partial charge is 0.336 e. The average molecular weight is 320 g/mol. The Morgan fingerprint density at radius 1 is 1.35 bits per heavy atom. The van der Waals surface area contributed by atoms with E-state index in [9.17, 15) is 13.6 Å². The van der Waals surface area contributed by atoms with E-state index in [1.54, 1.807) is 11.1 Å². The number of pyridine rings is 1. The lowest BCUT2D eigenvalue weighted by atomic mass is 10.0. The van der Waals surface area contributed by atoms with E-state index < -0.39 is 17.7 Å². The highest BCUT2D eigenvalue weighted by Gasteiger charge is 2.28. The molecule has 1 aliphatic heterocycles. The number of likely N-dealkylation sites (tertiary alicyclic amines) is 1. The molecule has 0 aliphatic carbocycles. The average Bonchev–Trinajstić information content (AvgIpc) is 3.05. The highest BCUT2D eigenvalue weighted by atomic mass is 19.2. The fourth-order valence-electron chi connectivity index (χ4n) is 3.07. The molecule has 1 saturated heterocycles. The minimum atomic E-state index is -1.24. The van der Waals surface area contributed by atoms with Gasteiger partial charge in [0.05, 0.1) is 11.6 Å². The number of piperidine rings is 1. The molecular weight excluding hydrogens is 302 g/mol. The van der Waals surface area contributed by atoms with Gasteiger partial charge in [-0.3, -0.25) is 4.79 Å². The zero-order valence-electron chi connectivity index (χ0n) is 12.9. The van der Waals surface area contributed by atoms with Crippen LogP contribution in [0.5, 0.6) is 0 Å². The zero-order chi connectivity index (χ0) is 16.4. The first-order valence-electron chi connectivity index (χ1n) is 7.72. The van der Waals surface area contributed by atoms with Crippen molar-refractivity contribution in [3.05, 3.63) is 47.8 Å². The molecule has 0 radical (unpaired) electrons. The van der Waals surface area contributed by atoms with E-state index in [1.807, 2.05) is 13.1 Å². The smallest absolute Gasteiger partial charge is 0.257 e. The van der Waals surface area contributed by atoms with Crippen LogP contribution in [0.15, 0.2) is 24.7 Å². The van der Waals surface area contributed by atoms with Crippen LogP contribution in [0, 0.1) is 11.8 Å². The van der Waals surface area contributed by atoms with Gasteiger partial charge in [-0.1, -0.05) is 6.92 Å². The molecule has 1 atom stereocenters. The van der Waals surface area contributed by atoms with Crippen molar-refractivity contribution >= 4 is 5.91 Å². The third-order valence-electron chi connectivity index (χ3n) is 4.22. The molecule has 7 heteroatoms. The summed E-state index contributed by atoms with van der Waals surface area (Å²) in [5.74, 6) is -1.96. The van der Waals surface area contributed by atoms with Gasteiger partial charge < -0.3 is 9.47 Å². The van der Waals surface area contributed by atoms with Crippen LogP contribution in [0.25, 0.3) is 0 Å². The van der Waals surface area contributed by atoms with Crippen molar-refractivity contribution in [2.24, 2.45) is 0 Å². The summed E-state index contributed by atoms with van der Waals surface area (Å²) in [6.45, 7) is 3.03. The number of hydrogen-bond acceptors (Lipinski definition) is 3. The summed E-state index contributed by atoms with van der Waals surface area (Å²) in [4.78, 5) is 21.6. The van der Waals surface area contributed by atoms with Crippen molar-refractivity contribution in [2.75, 3.05) is 13.1 Å². The highest BCUT2D eigenvalue weighted by Crippen LogP contribution is 2.25. The van der Waals surface area contributed by atoms with E-state index in [1.165, 1.54) is 6.07 Å². The van der Waals surface area contributed by atoms with E-state index >= 15 is 0 Å². The molecule has 3 heterocycles. The number of nitrogens with zero attached hydrogens (tertiary/aromatic N) is 4. The third kappa shape index (κ3) is 2.95. The number of carbonyl (C=O) groups is 1. The number of amides is 1. The summed E-state index contributed by atoms with van der Waals surface area (Å²) >= 11 is 0. The minimum Gasteiger partial charge on any atom is -0.336 e. The molecule has 1 aliphatic rings. The van der Waals surface area contributed by atoms with Crippen molar-refractivity contribution in [1.82, 2.24) is 19.4 Å². The Labute approximate surface area is 133 Å². The van der Waals surface area contributed by atoms with Gasteiger partial charge in [-0.05, 0) is 18.9 Å². The normalized spacial score (nSPS) is 18.2. The van der Waals surface area contributed by atoms with Gasteiger partial charge in [0.2, 0.25) is 5.95 Å². The first kappa shape index (κ1) is 15.6. The Morgan fingerprint density at radius 3 is 2.96 bits per heavy atom. The van der Waals surface area contributed by atoms with Crippen LogP contribution in [0.2, 0.25) is 0 Å². The molecule has 3 rings (SSSR count). The van der Waals surface area contributed by atoms with E-state index in [0.717, 1.165) is 31.3 Å². The molecule has 0 saturated carbocycles. The van der Waals surface area contributed by atoms with Crippen LogP contribution in [0.4, 0.5) is 8.78 Å². The summed E-state index contributed by atoms with van der Waals surface area (Å²) in [5.41, 5.74) is -0.264. The molecule has 5 nitrogen and oxygen atoms in total. The molecule has 2 aromatic heterocycles. The van der Waals surface area contributed by atoms with Gasteiger partial charge >= 0.3 is 0 Å². The Kier molecular flexibility index (Phi) is 4.36. The maximum Gasteiger partial charge on any atom is 0.257 e. The summed E-state index contributed by atoms with van der Waals surface area (Å²) in [7, 11) is 0. The van der Waals surface area contributed by atoms with Crippen LogP contribution >= 0.6 is 0 Å². The van der Waals surface area contributed by atoms with Gasteiger partial charge in [-0.15, -0.1) is 0 Å². The molecule has 1 unspecified atom stereocenters. The van der Waals surface area contributed by atoms with Crippen LogP contribution in [-0.2, 0) is 6.42 Å². The van der Waals surface area contributed by atoms with Gasteiger partial charge in [-0.25, -0.2) is 14.4 Å². The molecule has 122 valence electrons. The number of halogens is 2. The monoisotopic (exact) mass is 320 g/mol. The summed E-state index contributed by atoms with van der Waals surface area (Å²) in [5, 5.41) is 0. The Morgan fingerprint density at radius 2 is 2.17 bits per heavy atom. The van der Waals surface area contributed by atoms with E-state index in [-0.39, 0.29) is 11.6 Å². The second-order valence-corrected chi connectivity index (χ2v) is 5.61. The van der Waals surface area contributed by atoms with Crippen LogP contribution < -0.4 is 0 Å². The zero-order valence-corrected chi connectivity index (χ0v) is 12.9. The second kappa shape index (κ2) is 6.44. The molecular formula is C16H18F2N4O. The van der Waals surface area contributed by atoms with Gasteiger partial charge in [0.15, 0.2) is 5.82 Å². The molecule has 23 heavy (non-hydrogen) atoms. The number of carbonyl (C=O) groups excluding carboxylic acids is 1. The molecule has 1 amide bonds. The third-order valence-corrected chi connectivity index (χ3v) is 4.22. The number of hydrogen-bond donors (Lipinski definition) is 0. The lowest BCUT2D eigenvalue weighted by molar-refractivity contribution is 0.0671. The van der Waals surface area contributed by atoms with Crippen molar-refractivity contribution in [2.45, 2.75) is 32.2 Å². The van der Waals surface area contributed by atoms with Gasteiger partial charge in [-0.2, -0.15) is 4.39 Å². The number of aromatic nitrogens is 3. The van der Waals surface area contributed by atoms with E-state index in [4.69, 9.17) is 0 Å². The molecule has 0 spiro atoms. The van der Waals surface area contributed by atoms with E-state index in [2.05, 4.69) is 14.5 Å². The lowest BCUT2D eigenvalue weighted by Gasteiger charge is -2.34. The molecule has 1 fully saturated rings. The molecule has 2 aromatic rings. The topological polar surface area (TPSA) is 51.0 Å². The quantitative estimate of drug-likeness (QED) is 0.817. The van der Waals surface area contributed by atoms with Crippen LogP contribution in [-0.4, -0.2) is 38.4 Å². The molecule has 0 aromatic carbocycles. The van der Waals surface area contributed by atoms with Crippen molar-refractivity contribution < 1.29 is 13.6 Å². The maximum atomic E-state index is 13.8. The minimum absolute atomic E-state index is 0.111. The Bertz CT molecular complexity index is 716. The Hall–Kier alpha value is -2.31. The van der Waals surface area contributed by atoms with Gasteiger partial charge in [0.25, 0.3) is 5.91 Å². The molecule has 0 N–H and O–H groups in total. The summed E-state index contributed by atoms with van der Waals surface area (Å²) in [6.07, 6.45) is 7.31. The predicted molar refractivity (Wildman–Crippen MR) is 79.9 cm³/mol. The van der Waals surface area contributed by atoms with Crippen LogP contribution in [0.1, 0.15) is 42.0 Å². The summed E-state index contributed by atoms with van der Waals surface area (Å²) in [6, 6.07) is 1.33.